The smallest absolute Gasteiger partial charge is 0.343 e. The summed E-state index contributed by atoms with van der Waals surface area (Å²) in [6, 6.07) is 0. The lowest BCUT2D eigenvalue weighted by molar-refractivity contribution is 0.0600. The molecule has 100 valence electrons. The number of carbonyl (C=O) groups excluding carboxylic acids is 1. The summed E-state index contributed by atoms with van der Waals surface area (Å²) in [5, 5.41) is 12.6. The molecule has 0 spiro atoms. The van der Waals surface area contributed by atoms with Gasteiger partial charge in [-0.1, -0.05) is 13.3 Å². The minimum absolute atomic E-state index is 0.270. The average molecular weight is 253 g/mol. The third-order valence-corrected chi connectivity index (χ3v) is 2.44. The van der Waals surface area contributed by atoms with E-state index >= 15 is 0 Å². The molecular weight excluding hydrogens is 234 g/mol. The maximum absolute atomic E-state index is 11.5. The summed E-state index contributed by atoms with van der Waals surface area (Å²) in [5.41, 5.74) is 0.270. The van der Waals surface area contributed by atoms with E-state index in [1.807, 2.05) is 6.92 Å². The molecule has 6 nitrogen and oxygen atoms in total. The van der Waals surface area contributed by atoms with E-state index in [9.17, 15) is 9.90 Å². The van der Waals surface area contributed by atoms with Gasteiger partial charge in [-0.2, -0.15) is 0 Å². The quantitative estimate of drug-likeness (QED) is 0.740. The van der Waals surface area contributed by atoms with Gasteiger partial charge in [0.25, 0.3) is 0 Å². The predicted molar refractivity (Wildman–Crippen MR) is 67.5 cm³/mol. The molecule has 0 aromatic carbocycles. The molecule has 0 aliphatic carbocycles. The summed E-state index contributed by atoms with van der Waals surface area (Å²) in [4.78, 5) is 19.6. The van der Waals surface area contributed by atoms with Crippen LogP contribution in [0.3, 0.4) is 0 Å². The van der Waals surface area contributed by atoms with Gasteiger partial charge in [-0.05, 0) is 13.3 Å². The summed E-state index contributed by atoms with van der Waals surface area (Å²) in [6.45, 7) is 4.07. The number of rotatable bonds is 6. The van der Waals surface area contributed by atoms with Gasteiger partial charge in [0.15, 0.2) is 0 Å². The van der Waals surface area contributed by atoms with Gasteiger partial charge in [0.1, 0.15) is 17.2 Å². The number of nitrogens with one attached hydrogen (secondary N) is 1. The van der Waals surface area contributed by atoms with Crippen molar-refractivity contribution in [2.24, 2.45) is 0 Å². The van der Waals surface area contributed by atoms with Gasteiger partial charge in [-0.3, -0.25) is 0 Å². The second-order valence-electron chi connectivity index (χ2n) is 3.99. The van der Waals surface area contributed by atoms with Crippen molar-refractivity contribution in [3.8, 4) is 0 Å². The predicted octanol–water partition coefficient (Wildman–Crippen LogP) is 1.14. The maximum atomic E-state index is 11.5. The van der Waals surface area contributed by atoms with E-state index in [0.717, 1.165) is 6.42 Å². The van der Waals surface area contributed by atoms with Crippen LogP contribution in [0.4, 0.5) is 5.82 Å². The van der Waals surface area contributed by atoms with Crippen molar-refractivity contribution >= 4 is 11.8 Å². The monoisotopic (exact) mass is 253 g/mol. The lowest BCUT2D eigenvalue weighted by Gasteiger charge is -2.13. The third-order valence-electron chi connectivity index (χ3n) is 2.44. The molecule has 1 heterocycles. The molecule has 1 atom stereocenters. The normalized spacial score (nSPS) is 12.0. The van der Waals surface area contributed by atoms with Gasteiger partial charge >= 0.3 is 5.97 Å². The summed E-state index contributed by atoms with van der Waals surface area (Å²) >= 11 is 0. The topological polar surface area (TPSA) is 84.3 Å². The number of methoxy groups -OCH3 is 1. The van der Waals surface area contributed by atoms with E-state index in [2.05, 4.69) is 20.0 Å². The van der Waals surface area contributed by atoms with Crippen LogP contribution in [0.1, 0.15) is 35.9 Å². The standard InChI is InChI=1S/C12H19N3O3/c1-4-5-9(16)6-14-11-10(12(17)18-3)7-13-8(2)15-11/h7,9,16H,4-6H2,1-3H3,(H,13,14,15). The maximum Gasteiger partial charge on any atom is 0.343 e. The molecule has 18 heavy (non-hydrogen) atoms. The first-order valence-electron chi connectivity index (χ1n) is 5.92. The Bertz CT molecular complexity index is 410. The highest BCUT2D eigenvalue weighted by atomic mass is 16.5. The van der Waals surface area contributed by atoms with Crippen LogP contribution in [-0.4, -0.2) is 40.8 Å². The zero-order valence-electron chi connectivity index (χ0n) is 10.9. The highest BCUT2D eigenvalue weighted by Gasteiger charge is 2.15. The number of esters is 1. The average Bonchev–Trinajstić information content (AvgIpc) is 2.36. The van der Waals surface area contributed by atoms with Gasteiger partial charge in [-0.25, -0.2) is 14.8 Å². The molecule has 0 aliphatic rings. The van der Waals surface area contributed by atoms with Gasteiger partial charge < -0.3 is 15.2 Å². The molecule has 0 bridgehead atoms. The summed E-state index contributed by atoms with van der Waals surface area (Å²) < 4.78 is 4.65. The van der Waals surface area contributed by atoms with Crippen molar-refractivity contribution in [1.29, 1.82) is 0 Å². The Kier molecular flexibility index (Phi) is 5.51. The fourth-order valence-corrected chi connectivity index (χ4v) is 1.51. The lowest BCUT2D eigenvalue weighted by atomic mass is 10.2. The zero-order valence-corrected chi connectivity index (χ0v) is 10.9. The molecule has 1 unspecified atom stereocenters. The molecular formula is C12H19N3O3. The summed E-state index contributed by atoms with van der Waals surface area (Å²) in [7, 11) is 1.30. The van der Waals surface area contributed by atoms with E-state index in [0.29, 0.717) is 24.6 Å². The van der Waals surface area contributed by atoms with Crippen LogP contribution in [0, 0.1) is 6.92 Å². The minimum Gasteiger partial charge on any atom is -0.465 e. The van der Waals surface area contributed by atoms with Crippen LogP contribution in [-0.2, 0) is 4.74 Å². The van der Waals surface area contributed by atoms with E-state index in [4.69, 9.17) is 0 Å². The van der Waals surface area contributed by atoms with Crippen LogP contribution in [0.5, 0.6) is 0 Å². The van der Waals surface area contributed by atoms with E-state index < -0.39 is 12.1 Å². The number of ether oxygens (including phenoxy) is 1. The second kappa shape index (κ2) is 6.90. The van der Waals surface area contributed by atoms with Crippen molar-refractivity contribution < 1.29 is 14.6 Å². The van der Waals surface area contributed by atoms with Crippen molar-refractivity contribution in [3.63, 3.8) is 0 Å². The van der Waals surface area contributed by atoms with Crippen LogP contribution in [0.15, 0.2) is 6.20 Å². The number of nitrogens with zero attached hydrogens (tertiary/aromatic N) is 2. The highest BCUT2D eigenvalue weighted by molar-refractivity contribution is 5.94. The van der Waals surface area contributed by atoms with Gasteiger partial charge in [-0.15, -0.1) is 0 Å². The molecule has 6 heteroatoms. The number of carbonyl (C=O) groups is 1. The van der Waals surface area contributed by atoms with Gasteiger partial charge in [0.2, 0.25) is 0 Å². The Morgan fingerprint density at radius 1 is 1.61 bits per heavy atom. The number of aryl methyl sites for hydroxylation is 1. The van der Waals surface area contributed by atoms with Crippen molar-refractivity contribution in [2.75, 3.05) is 19.0 Å². The molecule has 0 aliphatic heterocycles. The molecule has 1 aromatic rings. The summed E-state index contributed by atoms with van der Waals surface area (Å²) in [5.74, 6) is 0.446. The third kappa shape index (κ3) is 3.96. The van der Waals surface area contributed by atoms with E-state index in [1.54, 1.807) is 6.92 Å². The lowest BCUT2D eigenvalue weighted by Crippen LogP contribution is -2.21. The number of hydrogen-bond donors (Lipinski definition) is 2. The Morgan fingerprint density at radius 3 is 2.94 bits per heavy atom. The number of aromatic nitrogens is 2. The van der Waals surface area contributed by atoms with Crippen LogP contribution in [0.25, 0.3) is 0 Å². The largest absolute Gasteiger partial charge is 0.465 e. The second-order valence-corrected chi connectivity index (χ2v) is 3.99. The van der Waals surface area contributed by atoms with Gasteiger partial charge in [0.05, 0.1) is 13.2 Å². The Morgan fingerprint density at radius 2 is 2.33 bits per heavy atom. The molecule has 0 saturated heterocycles. The molecule has 2 N–H and O–H groups in total. The van der Waals surface area contributed by atoms with Gasteiger partial charge in [0, 0.05) is 12.7 Å². The van der Waals surface area contributed by atoms with Crippen molar-refractivity contribution in [2.45, 2.75) is 32.8 Å². The fourth-order valence-electron chi connectivity index (χ4n) is 1.51. The molecule has 0 saturated carbocycles. The number of aliphatic hydroxyl groups excluding tert-OH is 1. The molecule has 0 radical (unpaired) electrons. The van der Waals surface area contributed by atoms with E-state index in [1.165, 1.54) is 13.3 Å². The van der Waals surface area contributed by atoms with Crippen LogP contribution in [0.2, 0.25) is 0 Å². The first kappa shape index (κ1) is 14.4. The first-order chi connectivity index (χ1) is 8.58. The number of hydrogen-bond acceptors (Lipinski definition) is 6. The Hall–Kier alpha value is -1.69. The SMILES string of the molecule is CCCC(O)CNc1nc(C)ncc1C(=O)OC. The van der Waals surface area contributed by atoms with Crippen molar-refractivity contribution in [1.82, 2.24) is 9.97 Å². The molecule has 1 aromatic heterocycles. The Labute approximate surface area is 106 Å². The zero-order chi connectivity index (χ0) is 13.5. The van der Waals surface area contributed by atoms with Crippen molar-refractivity contribution in [3.05, 3.63) is 17.6 Å². The van der Waals surface area contributed by atoms with Crippen LogP contribution < -0.4 is 5.32 Å². The van der Waals surface area contributed by atoms with Crippen LogP contribution >= 0.6 is 0 Å². The minimum atomic E-state index is -0.498. The fraction of sp³-hybridized carbons (Fsp3) is 0.583. The Balaban J connectivity index is 2.79. The molecule has 0 amide bonds. The highest BCUT2D eigenvalue weighted by Crippen LogP contribution is 2.13. The number of anilines is 1. The first-order valence-corrected chi connectivity index (χ1v) is 5.92. The van der Waals surface area contributed by atoms with E-state index in [-0.39, 0.29) is 5.56 Å². The number of aliphatic hydroxyl groups is 1. The summed E-state index contributed by atoms with van der Waals surface area (Å²) in [6.07, 6.45) is 2.55. The molecule has 0 fully saturated rings. The molecule has 1 rings (SSSR count).